The zero-order chi connectivity index (χ0) is 23.2. The maximum Gasteiger partial charge on any atom is 0.262 e. The molecule has 3 aromatic rings. The molecule has 1 aliphatic rings. The second kappa shape index (κ2) is 10.7. The smallest absolute Gasteiger partial charge is 0.262 e. The van der Waals surface area contributed by atoms with E-state index in [1.165, 1.54) is 10.1 Å². The second-order valence-electron chi connectivity index (χ2n) is 8.47. The van der Waals surface area contributed by atoms with Gasteiger partial charge in [-0.25, -0.2) is 0 Å². The predicted molar refractivity (Wildman–Crippen MR) is 135 cm³/mol. The normalized spacial score (nSPS) is 14.8. The van der Waals surface area contributed by atoms with Gasteiger partial charge in [-0.3, -0.25) is 14.2 Å². The number of fused-ring (bicyclic) bond motifs is 1. The number of aryl methyl sites for hydroxylation is 1. The third kappa shape index (κ3) is 5.49. The molecule has 6 nitrogen and oxygen atoms in total. The fourth-order valence-corrected chi connectivity index (χ4v) is 4.68. The lowest BCUT2D eigenvalue weighted by Gasteiger charge is -2.22. The van der Waals surface area contributed by atoms with Gasteiger partial charge in [0.2, 0.25) is 0 Å². The van der Waals surface area contributed by atoms with Gasteiger partial charge in [0, 0.05) is 31.7 Å². The van der Waals surface area contributed by atoms with Crippen LogP contribution in [0.5, 0.6) is 0 Å². The Morgan fingerprint density at radius 2 is 1.91 bits per heavy atom. The highest BCUT2D eigenvalue weighted by Crippen LogP contribution is 2.15. The van der Waals surface area contributed by atoms with E-state index in [0.717, 1.165) is 45.4 Å². The van der Waals surface area contributed by atoms with Crippen molar-refractivity contribution in [1.82, 2.24) is 19.4 Å². The minimum Gasteiger partial charge on any atom is -0.337 e. The Hall–Kier alpha value is -3.03. The average Bonchev–Trinajstić information content (AvgIpc) is 3.07. The molecule has 0 radical (unpaired) electrons. The molecule has 0 aliphatic carbocycles. The number of carbonyl (C=O) groups excluding carboxylic acids is 1. The van der Waals surface area contributed by atoms with E-state index in [1.807, 2.05) is 11.0 Å². The van der Waals surface area contributed by atoms with E-state index >= 15 is 0 Å². The molecule has 1 saturated heterocycles. The lowest BCUT2D eigenvalue weighted by molar-refractivity contribution is 0.0761. The predicted octanol–water partition coefficient (Wildman–Crippen LogP) is 4.03. The van der Waals surface area contributed by atoms with Crippen LogP contribution in [0.25, 0.3) is 10.9 Å². The Bertz CT molecular complexity index is 1250. The van der Waals surface area contributed by atoms with Gasteiger partial charge in [0.15, 0.2) is 4.77 Å². The number of amides is 1. The number of carbonyl (C=O) groups is 1. The van der Waals surface area contributed by atoms with Crippen molar-refractivity contribution in [1.29, 1.82) is 0 Å². The molecule has 172 valence electrons. The third-order valence-corrected chi connectivity index (χ3v) is 6.52. The highest BCUT2D eigenvalue weighted by Gasteiger charge is 2.21. The van der Waals surface area contributed by atoms with Gasteiger partial charge in [-0.05, 0) is 68.3 Å². The summed E-state index contributed by atoms with van der Waals surface area (Å²) in [5, 5.41) is 0.516. The third-order valence-electron chi connectivity index (χ3n) is 6.20. The zero-order valence-corrected chi connectivity index (χ0v) is 19.7. The zero-order valence-electron chi connectivity index (χ0n) is 18.8. The van der Waals surface area contributed by atoms with Crippen molar-refractivity contribution in [2.24, 2.45) is 0 Å². The van der Waals surface area contributed by atoms with Crippen molar-refractivity contribution in [2.45, 2.75) is 25.8 Å². The first-order valence-electron chi connectivity index (χ1n) is 11.5. The Morgan fingerprint density at radius 1 is 1.09 bits per heavy atom. The standard InChI is InChI=1S/C26H30N4O2S/c1-2-13-30-25(32)22-12-11-21(19-23(22)27-26(30)33)24(31)29-16-7-15-28(17-18-29)14-6-10-20-8-4-3-5-9-20/h2-5,8-9,11-12,19H,1,6-7,10,13-18H2,(H,27,33). The van der Waals surface area contributed by atoms with Gasteiger partial charge < -0.3 is 14.8 Å². The molecule has 1 fully saturated rings. The summed E-state index contributed by atoms with van der Waals surface area (Å²) >= 11 is 5.32. The van der Waals surface area contributed by atoms with Crippen molar-refractivity contribution in [2.75, 3.05) is 32.7 Å². The highest BCUT2D eigenvalue weighted by atomic mass is 32.1. The van der Waals surface area contributed by atoms with Crippen molar-refractivity contribution >= 4 is 29.0 Å². The molecule has 4 rings (SSSR count). The minimum absolute atomic E-state index is 0.00220. The molecule has 0 saturated carbocycles. The van der Waals surface area contributed by atoms with E-state index in [2.05, 4.69) is 40.7 Å². The van der Waals surface area contributed by atoms with Gasteiger partial charge in [-0.1, -0.05) is 36.4 Å². The van der Waals surface area contributed by atoms with Crippen molar-refractivity contribution in [3.63, 3.8) is 0 Å². The van der Waals surface area contributed by atoms with Crippen LogP contribution >= 0.6 is 12.2 Å². The summed E-state index contributed by atoms with van der Waals surface area (Å²) in [6, 6.07) is 15.8. The summed E-state index contributed by atoms with van der Waals surface area (Å²) in [6.07, 6.45) is 4.79. The van der Waals surface area contributed by atoms with Crippen LogP contribution in [0.4, 0.5) is 0 Å². The largest absolute Gasteiger partial charge is 0.337 e. The van der Waals surface area contributed by atoms with Crippen molar-refractivity contribution in [3.8, 4) is 0 Å². The van der Waals surface area contributed by atoms with E-state index in [1.54, 1.807) is 24.3 Å². The van der Waals surface area contributed by atoms with Crippen LogP contribution in [-0.4, -0.2) is 58.0 Å². The summed E-state index contributed by atoms with van der Waals surface area (Å²) in [4.78, 5) is 33.4. The number of allylic oxidation sites excluding steroid dienone is 1. The van der Waals surface area contributed by atoms with E-state index in [0.29, 0.717) is 34.3 Å². The molecule has 7 heteroatoms. The van der Waals surface area contributed by atoms with E-state index in [4.69, 9.17) is 12.2 Å². The number of hydrogen-bond donors (Lipinski definition) is 1. The molecule has 0 bridgehead atoms. The number of aromatic amines is 1. The molecule has 33 heavy (non-hydrogen) atoms. The van der Waals surface area contributed by atoms with Crippen LogP contribution in [0.15, 0.2) is 66.0 Å². The number of nitrogens with zero attached hydrogens (tertiary/aromatic N) is 3. The summed E-state index contributed by atoms with van der Waals surface area (Å²) in [5.41, 5.74) is 2.37. The number of H-pyrrole nitrogens is 1. The maximum atomic E-state index is 13.2. The van der Waals surface area contributed by atoms with Gasteiger partial charge >= 0.3 is 0 Å². The Kier molecular flexibility index (Phi) is 7.52. The molecule has 0 atom stereocenters. The number of aromatic nitrogens is 2. The maximum absolute atomic E-state index is 13.2. The molecule has 0 spiro atoms. The van der Waals surface area contributed by atoms with Gasteiger partial charge in [0.05, 0.1) is 10.9 Å². The van der Waals surface area contributed by atoms with Crippen LogP contribution in [0.3, 0.4) is 0 Å². The molecule has 0 unspecified atom stereocenters. The molecule has 1 aromatic heterocycles. The minimum atomic E-state index is -0.173. The molecular weight excluding hydrogens is 432 g/mol. The fourth-order valence-electron chi connectivity index (χ4n) is 4.41. The molecule has 1 amide bonds. The van der Waals surface area contributed by atoms with Gasteiger partial charge in [0.25, 0.3) is 11.5 Å². The Morgan fingerprint density at radius 3 is 2.70 bits per heavy atom. The van der Waals surface area contributed by atoms with Gasteiger partial charge in [0.1, 0.15) is 0 Å². The first kappa shape index (κ1) is 23.1. The average molecular weight is 463 g/mol. The summed E-state index contributed by atoms with van der Waals surface area (Å²) < 4.78 is 1.80. The molecule has 1 N–H and O–H groups in total. The van der Waals surface area contributed by atoms with Crippen molar-refractivity contribution < 1.29 is 4.79 Å². The summed E-state index contributed by atoms with van der Waals surface area (Å²) in [7, 11) is 0. The number of benzene rings is 2. The van der Waals surface area contributed by atoms with E-state index < -0.39 is 0 Å². The Labute approximate surface area is 199 Å². The lowest BCUT2D eigenvalue weighted by Crippen LogP contribution is -2.35. The second-order valence-corrected chi connectivity index (χ2v) is 8.86. The summed E-state index contributed by atoms with van der Waals surface area (Å²) in [5.74, 6) is -0.00220. The Balaban J connectivity index is 1.40. The number of hydrogen-bond acceptors (Lipinski definition) is 4. The first-order valence-corrected chi connectivity index (χ1v) is 11.9. The van der Waals surface area contributed by atoms with Crippen LogP contribution in [0, 0.1) is 4.77 Å². The monoisotopic (exact) mass is 462 g/mol. The van der Waals surface area contributed by atoms with Crippen LogP contribution in [0.2, 0.25) is 0 Å². The van der Waals surface area contributed by atoms with Crippen LogP contribution < -0.4 is 5.56 Å². The fraction of sp³-hybridized carbons (Fsp3) is 0.346. The molecule has 1 aliphatic heterocycles. The lowest BCUT2D eigenvalue weighted by atomic mass is 10.1. The van der Waals surface area contributed by atoms with Crippen molar-refractivity contribution in [3.05, 3.63) is 87.4 Å². The van der Waals surface area contributed by atoms with Crippen LogP contribution in [-0.2, 0) is 13.0 Å². The van der Waals surface area contributed by atoms with Crippen LogP contribution in [0.1, 0.15) is 28.8 Å². The molecular formula is C26H30N4O2S. The van der Waals surface area contributed by atoms with E-state index in [-0.39, 0.29) is 11.5 Å². The van der Waals surface area contributed by atoms with Gasteiger partial charge in [-0.15, -0.1) is 6.58 Å². The first-order chi connectivity index (χ1) is 16.1. The molecule has 2 heterocycles. The molecule has 2 aromatic carbocycles. The highest BCUT2D eigenvalue weighted by molar-refractivity contribution is 7.71. The number of rotatable bonds is 7. The summed E-state index contributed by atoms with van der Waals surface area (Å²) in [6.45, 7) is 8.40. The SMILES string of the molecule is C=CCn1c(=S)[nH]c2cc(C(=O)N3CCCN(CCCc4ccccc4)CC3)ccc2c1=O. The quantitative estimate of drug-likeness (QED) is 0.426. The topological polar surface area (TPSA) is 61.3 Å². The number of nitrogens with one attached hydrogen (secondary N) is 1. The van der Waals surface area contributed by atoms with Gasteiger partial charge in [-0.2, -0.15) is 0 Å². The van der Waals surface area contributed by atoms with E-state index in [9.17, 15) is 9.59 Å².